The first-order valence-corrected chi connectivity index (χ1v) is 11.1. The van der Waals surface area contributed by atoms with E-state index in [0.717, 1.165) is 5.56 Å². The maximum atomic E-state index is 13.1. The molecule has 0 amide bonds. The molecule has 0 saturated carbocycles. The van der Waals surface area contributed by atoms with Crippen LogP contribution in [-0.4, -0.2) is 44.8 Å². The summed E-state index contributed by atoms with van der Waals surface area (Å²) in [6.07, 6.45) is -2.21. The van der Waals surface area contributed by atoms with Gasteiger partial charge in [0.2, 0.25) is 5.88 Å². The molecule has 2 unspecified atom stereocenters. The van der Waals surface area contributed by atoms with Crippen molar-refractivity contribution in [3.63, 3.8) is 0 Å². The van der Waals surface area contributed by atoms with Crippen LogP contribution in [-0.2, 0) is 4.74 Å². The van der Waals surface area contributed by atoms with E-state index in [9.17, 15) is 18.0 Å². The predicted octanol–water partition coefficient (Wildman–Crippen LogP) is 4.24. The Morgan fingerprint density at radius 1 is 1.20 bits per heavy atom. The average molecular weight is 485 g/mol. The molecule has 35 heavy (non-hydrogen) atoms. The smallest absolute Gasteiger partial charge is 0.420 e. The molecule has 3 aromatic rings. The summed E-state index contributed by atoms with van der Waals surface area (Å²) < 4.78 is 50.4. The summed E-state index contributed by atoms with van der Waals surface area (Å²) in [6, 6.07) is 1.79. The molecular weight excluding hydrogens is 463 g/mol. The Morgan fingerprint density at radius 3 is 2.66 bits per heavy atom. The fourth-order valence-electron chi connectivity index (χ4n) is 4.34. The number of allylic oxidation sites excluding steroid dienone is 1. The minimum absolute atomic E-state index is 0.125. The number of hydrogen-bond donors (Lipinski definition) is 1. The number of hydrogen-bond acceptors (Lipinski definition) is 7. The van der Waals surface area contributed by atoms with Crippen LogP contribution in [0.1, 0.15) is 59.6 Å². The number of methoxy groups -OCH3 is 1. The van der Waals surface area contributed by atoms with E-state index in [2.05, 4.69) is 30.7 Å². The van der Waals surface area contributed by atoms with Gasteiger partial charge in [-0.15, -0.1) is 5.73 Å². The first-order chi connectivity index (χ1) is 16.6. The number of halogens is 3. The second-order valence-electron chi connectivity index (χ2n) is 8.70. The van der Waals surface area contributed by atoms with E-state index >= 15 is 0 Å². The van der Waals surface area contributed by atoms with Gasteiger partial charge >= 0.3 is 6.18 Å². The molecular formula is C24H22F3N5O3. The second kappa shape index (κ2) is 8.58. The third-order valence-electron chi connectivity index (χ3n) is 6.29. The summed E-state index contributed by atoms with van der Waals surface area (Å²) in [5.74, 6) is 0.602. The van der Waals surface area contributed by atoms with Gasteiger partial charge in [-0.25, -0.2) is 19.9 Å². The highest BCUT2D eigenvalue weighted by Crippen LogP contribution is 2.41. The highest BCUT2D eigenvalue weighted by atomic mass is 19.4. The Labute approximate surface area is 198 Å². The van der Waals surface area contributed by atoms with Gasteiger partial charge in [-0.1, -0.05) is 0 Å². The van der Waals surface area contributed by atoms with Gasteiger partial charge in [0, 0.05) is 36.3 Å². The number of pyridine rings is 1. The van der Waals surface area contributed by atoms with Crippen molar-refractivity contribution in [1.29, 1.82) is 0 Å². The number of aromatic amines is 1. The van der Waals surface area contributed by atoms with Crippen LogP contribution < -0.4 is 10.3 Å². The Balaban J connectivity index is 1.58. The van der Waals surface area contributed by atoms with E-state index in [1.807, 2.05) is 0 Å². The molecule has 1 aliphatic heterocycles. The van der Waals surface area contributed by atoms with Crippen molar-refractivity contribution in [1.82, 2.24) is 24.9 Å². The predicted molar refractivity (Wildman–Crippen MR) is 120 cm³/mol. The largest absolute Gasteiger partial charge is 0.480 e. The van der Waals surface area contributed by atoms with Crippen molar-refractivity contribution in [2.75, 3.05) is 13.7 Å². The van der Waals surface area contributed by atoms with Gasteiger partial charge in [0.25, 0.3) is 5.56 Å². The van der Waals surface area contributed by atoms with Crippen molar-refractivity contribution in [2.24, 2.45) is 0 Å². The summed E-state index contributed by atoms with van der Waals surface area (Å²) in [5.41, 5.74) is 4.62. The third kappa shape index (κ3) is 4.33. The standard InChI is InChI=1S/C24H22F3N5O3/c1-11-6-15(10-28-22(11)33)17-9-13(4-5-35-17)20-30-18(14-7-16(8-14)24(25,26)27)19-21(32-20)29-12(2)23(31-19)34-3/h6,10,13,17H,4-5,7,9H2,1-3H3,(H,28,33). The number of fused-ring (bicyclic) bond motifs is 1. The number of H-pyrrole nitrogens is 1. The average Bonchev–Trinajstić information content (AvgIpc) is 2.78. The number of nitrogens with one attached hydrogen (secondary N) is 1. The van der Waals surface area contributed by atoms with Gasteiger partial charge in [0.15, 0.2) is 5.65 Å². The molecule has 0 aromatic carbocycles. The van der Waals surface area contributed by atoms with Gasteiger partial charge in [-0.3, -0.25) is 4.79 Å². The highest BCUT2D eigenvalue weighted by Gasteiger charge is 2.39. The van der Waals surface area contributed by atoms with E-state index in [0.29, 0.717) is 47.8 Å². The zero-order valence-corrected chi connectivity index (χ0v) is 19.3. The number of nitrogens with zero attached hydrogens (tertiary/aromatic N) is 4. The molecule has 0 spiro atoms. The van der Waals surface area contributed by atoms with Gasteiger partial charge in [-0.05, 0) is 38.3 Å². The minimum Gasteiger partial charge on any atom is -0.480 e. The molecule has 3 aromatic heterocycles. The number of alkyl halides is 3. The zero-order chi connectivity index (χ0) is 24.9. The van der Waals surface area contributed by atoms with Crippen molar-refractivity contribution in [3.8, 4) is 5.88 Å². The lowest BCUT2D eigenvalue weighted by atomic mass is 9.90. The van der Waals surface area contributed by atoms with E-state index in [1.165, 1.54) is 7.11 Å². The Hall–Kier alpha value is -3.56. The molecule has 2 atom stereocenters. The van der Waals surface area contributed by atoms with Crippen LogP contribution in [0, 0.1) is 13.8 Å². The molecule has 0 bridgehead atoms. The Kier molecular flexibility index (Phi) is 5.69. The Bertz CT molecular complexity index is 1460. The van der Waals surface area contributed by atoms with E-state index < -0.39 is 11.7 Å². The van der Waals surface area contributed by atoms with Crippen LogP contribution in [0.15, 0.2) is 28.4 Å². The van der Waals surface area contributed by atoms with Crippen LogP contribution in [0.25, 0.3) is 16.7 Å². The van der Waals surface area contributed by atoms with Crippen LogP contribution in [0.5, 0.6) is 5.88 Å². The molecule has 1 saturated heterocycles. The van der Waals surface area contributed by atoms with Crippen molar-refractivity contribution in [2.45, 2.75) is 51.3 Å². The molecule has 4 heterocycles. The lowest BCUT2D eigenvalue weighted by molar-refractivity contribution is -0.0934. The van der Waals surface area contributed by atoms with Gasteiger partial charge in [-0.2, -0.15) is 13.2 Å². The summed E-state index contributed by atoms with van der Waals surface area (Å²) >= 11 is 0. The number of rotatable bonds is 4. The van der Waals surface area contributed by atoms with E-state index in [1.54, 1.807) is 26.1 Å². The molecule has 2 aliphatic rings. The zero-order valence-electron chi connectivity index (χ0n) is 19.3. The summed E-state index contributed by atoms with van der Waals surface area (Å²) in [7, 11) is 1.45. The van der Waals surface area contributed by atoms with Crippen LogP contribution >= 0.6 is 0 Å². The maximum absolute atomic E-state index is 13.1. The maximum Gasteiger partial charge on any atom is 0.420 e. The van der Waals surface area contributed by atoms with Crippen LogP contribution in [0.4, 0.5) is 13.2 Å². The quantitative estimate of drug-likeness (QED) is 0.552. The number of aromatic nitrogens is 5. The molecule has 8 nitrogen and oxygen atoms in total. The van der Waals surface area contributed by atoms with Crippen LogP contribution in [0.2, 0.25) is 0 Å². The molecule has 1 N–H and O–H groups in total. The lowest BCUT2D eigenvalue weighted by Gasteiger charge is -2.29. The SMILES string of the molecule is COc1nc2c(C3=C=C(C(F)(F)F)C3)nc(C3CCOC(c4c[nH]c(=O)c(C)c4)C3)nc2nc1C. The van der Waals surface area contributed by atoms with E-state index in [4.69, 9.17) is 9.47 Å². The summed E-state index contributed by atoms with van der Waals surface area (Å²) in [5, 5.41) is 0. The van der Waals surface area contributed by atoms with Gasteiger partial charge < -0.3 is 14.5 Å². The summed E-state index contributed by atoms with van der Waals surface area (Å²) in [4.78, 5) is 32.7. The van der Waals surface area contributed by atoms with Crippen LogP contribution in [0.3, 0.4) is 0 Å². The molecule has 0 radical (unpaired) electrons. The molecule has 1 aliphatic carbocycles. The van der Waals surface area contributed by atoms with Crippen molar-refractivity contribution < 1.29 is 22.6 Å². The second-order valence-corrected chi connectivity index (χ2v) is 8.70. The lowest BCUT2D eigenvalue weighted by Crippen LogP contribution is -2.22. The molecule has 1 fully saturated rings. The van der Waals surface area contributed by atoms with Gasteiger partial charge in [0.1, 0.15) is 22.7 Å². The first-order valence-electron chi connectivity index (χ1n) is 11.1. The van der Waals surface area contributed by atoms with Crippen molar-refractivity contribution >= 4 is 16.7 Å². The fourth-order valence-corrected chi connectivity index (χ4v) is 4.34. The Morgan fingerprint density at radius 2 is 1.97 bits per heavy atom. The monoisotopic (exact) mass is 485 g/mol. The topological polar surface area (TPSA) is 103 Å². The molecule has 5 rings (SSSR count). The highest BCUT2D eigenvalue weighted by molar-refractivity contribution is 5.87. The molecule has 182 valence electrons. The first kappa shape index (κ1) is 23.2. The summed E-state index contributed by atoms with van der Waals surface area (Å²) in [6.45, 7) is 3.89. The fraction of sp³-hybridized carbons (Fsp3) is 0.417. The van der Waals surface area contributed by atoms with Gasteiger partial charge in [0.05, 0.1) is 18.8 Å². The normalized spacial score (nSPS) is 20.3. The van der Waals surface area contributed by atoms with Crippen molar-refractivity contribution in [3.05, 3.63) is 62.3 Å². The number of ether oxygens (including phenoxy) is 2. The minimum atomic E-state index is -4.43. The third-order valence-corrected chi connectivity index (χ3v) is 6.29. The number of aryl methyl sites for hydroxylation is 2. The molecule has 11 heteroatoms. The van der Waals surface area contributed by atoms with E-state index in [-0.39, 0.29) is 41.1 Å².